The van der Waals surface area contributed by atoms with Crippen molar-refractivity contribution >= 4 is 29.0 Å². The van der Waals surface area contributed by atoms with E-state index in [-0.39, 0.29) is 6.17 Å². The molecule has 3 aliphatic rings. The van der Waals surface area contributed by atoms with E-state index in [0.29, 0.717) is 0 Å². The first-order valence-electron chi connectivity index (χ1n) is 6.79. The maximum Gasteiger partial charge on any atom is 0.249 e. The Morgan fingerprint density at radius 2 is 2.30 bits per heavy atom. The number of thioether (sulfide) groups is 1. The van der Waals surface area contributed by atoms with E-state index in [9.17, 15) is 0 Å². The molecule has 8 heteroatoms. The summed E-state index contributed by atoms with van der Waals surface area (Å²) in [6.07, 6.45) is 5.98. The van der Waals surface area contributed by atoms with E-state index in [1.807, 2.05) is 11.3 Å². The first-order valence-corrected chi connectivity index (χ1v) is 8.83. The van der Waals surface area contributed by atoms with Crippen LogP contribution < -0.4 is 15.8 Å². The Labute approximate surface area is 124 Å². The van der Waals surface area contributed by atoms with E-state index in [2.05, 4.69) is 36.8 Å². The predicted molar refractivity (Wildman–Crippen MR) is 79.4 cm³/mol. The van der Waals surface area contributed by atoms with Crippen molar-refractivity contribution in [1.29, 1.82) is 0 Å². The van der Waals surface area contributed by atoms with Gasteiger partial charge in [0.2, 0.25) is 5.95 Å². The Balaban J connectivity index is 1.83. The van der Waals surface area contributed by atoms with Crippen LogP contribution in [0.3, 0.4) is 0 Å². The Morgan fingerprint density at radius 3 is 3.20 bits per heavy atom. The molecule has 5 rings (SSSR count). The third-order valence-corrected chi connectivity index (χ3v) is 6.16. The molecule has 104 valence electrons. The van der Waals surface area contributed by atoms with Crippen molar-refractivity contribution in [1.82, 2.24) is 25.5 Å². The molecular weight excluding hydrogens is 292 g/mol. The monoisotopic (exact) mass is 306 g/mol. The Bertz CT molecular complexity index is 705. The fourth-order valence-electron chi connectivity index (χ4n) is 3.42. The maximum atomic E-state index is 4.37. The average molecular weight is 306 g/mol. The van der Waals surface area contributed by atoms with Gasteiger partial charge in [-0.05, 0) is 31.1 Å². The first kappa shape index (κ1) is 11.6. The number of nitrogens with zero attached hydrogens (tertiary/aromatic N) is 4. The molecule has 1 aliphatic carbocycles. The molecule has 6 nitrogen and oxygen atoms in total. The molecule has 0 amide bonds. The summed E-state index contributed by atoms with van der Waals surface area (Å²) in [4.78, 5) is 1.55. The second kappa shape index (κ2) is 3.97. The van der Waals surface area contributed by atoms with Gasteiger partial charge in [0.1, 0.15) is 11.2 Å². The molecule has 0 spiro atoms. The summed E-state index contributed by atoms with van der Waals surface area (Å²) in [5, 5.41) is 16.6. The van der Waals surface area contributed by atoms with Gasteiger partial charge in [0.05, 0.1) is 6.67 Å². The molecule has 2 aromatic heterocycles. The average Bonchev–Trinajstić information content (AvgIpc) is 3.18. The number of aromatic nitrogens is 3. The van der Waals surface area contributed by atoms with Crippen molar-refractivity contribution in [2.24, 2.45) is 0 Å². The normalized spacial score (nSPS) is 22.6. The highest BCUT2D eigenvalue weighted by Crippen LogP contribution is 2.47. The van der Waals surface area contributed by atoms with Crippen molar-refractivity contribution in [2.45, 2.75) is 30.6 Å². The summed E-state index contributed by atoms with van der Waals surface area (Å²) in [7, 11) is 0. The lowest BCUT2D eigenvalue weighted by atomic mass is 10.1. The van der Waals surface area contributed by atoms with Crippen molar-refractivity contribution in [3.8, 4) is 5.00 Å². The predicted octanol–water partition coefficient (Wildman–Crippen LogP) is 1.42. The van der Waals surface area contributed by atoms with Gasteiger partial charge in [0.25, 0.3) is 0 Å². The van der Waals surface area contributed by atoms with Gasteiger partial charge in [-0.2, -0.15) is 0 Å². The van der Waals surface area contributed by atoms with Crippen LogP contribution in [0, 0.1) is 0 Å². The minimum atomic E-state index is 0.203. The fourth-order valence-corrected chi connectivity index (χ4v) is 5.37. The standard InChI is InChI=1S/C12H14N6S2/c1-19-12-16-15-11-17(12)10-8(9-13-5-14-18(9)11)6-3-2-4-7(6)20-10/h9,13-14H,2-5H2,1H3. The van der Waals surface area contributed by atoms with E-state index in [4.69, 9.17) is 0 Å². The summed E-state index contributed by atoms with van der Waals surface area (Å²) in [5.41, 5.74) is 6.37. The number of thiophene rings is 1. The number of hydrazine groups is 1. The van der Waals surface area contributed by atoms with E-state index < -0.39 is 0 Å². The smallest absolute Gasteiger partial charge is 0.249 e. The van der Waals surface area contributed by atoms with Gasteiger partial charge in [-0.15, -0.1) is 21.5 Å². The van der Waals surface area contributed by atoms with E-state index in [1.54, 1.807) is 22.2 Å². The number of hydrogen-bond donors (Lipinski definition) is 2. The Kier molecular flexibility index (Phi) is 2.29. The summed E-state index contributed by atoms with van der Waals surface area (Å²) in [6, 6.07) is 0. The number of nitrogens with one attached hydrogen (secondary N) is 2. The van der Waals surface area contributed by atoms with Gasteiger partial charge >= 0.3 is 0 Å². The second-order valence-corrected chi connectivity index (χ2v) is 7.07. The lowest BCUT2D eigenvalue weighted by molar-refractivity contribution is 0.588. The third-order valence-electron chi connectivity index (χ3n) is 4.24. The van der Waals surface area contributed by atoms with Crippen LogP contribution in [0.2, 0.25) is 0 Å². The summed E-state index contributed by atoms with van der Waals surface area (Å²) >= 11 is 3.58. The van der Waals surface area contributed by atoms with Crippen LogP contribution in [-0.2, 0) is 12.8 Å². The SMILES string of the molecule is CSc1nnc2n1-c1sc3c(c1C1NCNN21)CCC3. The van der Waals surface area contributed by atoms with Crippen molar-refractivity contribution < 1.29 is 0 Å². The molecule has 0 bridgehead atoms. The van der Waals surface area contributed by atoms with E-state index in [0.717, 1.165) is 17.8 Å². The molecule has 2 aliphatic heterocycles. The minimum Gasteiger partial charge on any atom is -0.278 e. The number of aryl methyl sites for hydroxylation is 1. The van der Waals surface area contributed by atoms with Crippen LogP contribution in [-0.4, -0.2) is 27.7 Å². The topological polar surface area (TPSA) is 58.0 Å². The van der Waals surface area contributed by atoms with Crippen molar-refractivity contribution in [2.75, 3.05) is 17.9 Å². The molecule has 1 atom stereocenters. The van der Waals surface area contributed by atoms with Crippen LogP contribution >= 0.6 is 23.1 Å². The molecule has 0 aromatic carbocycles. The van der Waals surface area contributed by atoms with Gasteiger partial charge in [-0.1, -0.05) is 11.8 Å². The van der Waals surface area contributed by atoms with Crippen LogP contribution in [0.15, 0.2) is 5.16 Å². The molecular formula is C12H14N6S2. The minimum absolute atomic E-state index is 0.203. The zero-order valence-corrected chi connectivity index (χ0v) is 12.6. The molecule has 2 N–H and O–H groups in total. The van der Waals surface area contributed by atoms with Crippen LogP contribution in [0.25, 0.3) is 5.00 Å². The van der Waals surface area contributed by atoms with Crippen LogP contribution in [0.1, 0.15) is 28.6 Å². The number of fused-ring (bicyclic) bond motifs is 8. The zero-order chi connectivity index (χ0) is 13.3. The summed E-state index contributed by atoms with van der Waals surface area (Å²) in [5.74, 6) is 0.900. The summed E-state index contributed by atoms with van der Waals surface area (Å²) < 4.78 is 2.21. The highest BCUT2D eigenvalue weighted by atomic mass is 32.2. The van der Waals surface area contributed by atoms with Crippen LogP contribution in [0.5, 0.6) is 0 Å². The van der Waals surface area contributed by atoms with E-state index in [1.165, 1.54) is 29.8 Å². The number of hydrogen-bond acceptors (Lipinski definition) is 7. The van der Waals surface area contributed by atoms with Gasteiger partial charge in [0.15, 0.2) is 5.16 Å². The molecule has 20 heavy (non-hydrogen) atoms. The zero-order valence-electron chi connectivity index (χ0n) is 11.0. The third kappa shape index (κ3) is 1.28. The van der Waals surface area contributed by atoms with E-state index >= 15 is 0 Å². The lowest BCUT2D eigenvalue weighted by Gasteiger charge is -2.30. The quantitative estimate of drug-likeness (QED) is 0.777. The largest absolute Gasteiger partial charge is 0.278 e. The van der Waals surface area contributed by atoms with Crippen molar-refractivity contribution in [3.63, 3.8) is 0 Å². The number of anilines is 1. The van der Waals surface area contributed by atoms with Gasteiger partial charge in [-0.25, -0.2) is 9.99 Å². The Morgan fingerprint density at radius 1 is 1.35 bits per heavy atom. The van der Waals surface area contributed by atoms with Crippen LogP contribution in [0.4, 0.5) is 5.95 Å². The lowest BCUT2D eigenvalue weighted by Crippen LogP contribution is -2.39. The molecule has 4 heterocycles. The molecule has 0 saturated carbocycles. The highest BCUT2D eigenvalue weighted by Gasteiger charge is 2.41. The van der Waals surface area contributed by atoms with Gasteiger partial charge < -0.3 is 0 Å². The van der Waals surface area contributed by atoms with Gasteiger partial charge in [-0.3, -0.25) is 10.3 Å². The van der Waals surface area contributed by atoms with Crippen molar-refractivity contribution in [3.05, 3.63) is 16.0 Å². The first-order chi connectivity index (χ1) is 9.88. The molecule has 1 fully saturated rings. The second-order valence-electron chi connectivity index (χ2n) is 5.21. The fraction of sp³-hybridized carbons (Fsp3) is 0.500. The summed E-state index contributed by atoms with van der Waals surface area (Å²) in [6.45, 7) is 0.774. The molecule has 2 aromatic rings. The maximum absolute atomic E-state index is 4.37. The van der Waals surface area contributed by atoms with Gasteiger partial charge in [0, 0.05) is 10.4 Å². The number of rotatable bonds is 1. The molecule has 1 unspecified atom stereocenters. The molecule has 0 radical (unpaired) electrons. The Hall–Kier alpha value is -1.09. The highest BCUT2D eigenvalue weighted by molar-refractivity contribution is 7.98. The molecule has 1 saturated heterocycles.